The standard InChI is InChI=1S/C23H25N3O2/c27-23(24-13-12-18-7-2-1-3-8-18)19-9-6-10-21(15-19)28-17-20-16-26-14-5-4-11-22(26)25-20/h4-7,9-11,14-16H,1-3,8,12-13,17H2,(H,24,27). The van der Waals surface area contributed by atoms with Crippen LogP contribution in [0.2, 0.25) is 0 Å². The fraction of sp³-hybridized carbons (Fsp3) is 0.304. The van der Waals surface area contributed by atoms with Gasteiger partial charge >= 0.3 is 0 Å². The second-order valence-electron chi connectivity index (χ2n) is 7.13. The number of carbonyl (C=O) groups is 1. The molecule has 0 atom stereocenters. The average molecular weight is 375 g/mol. The number of hydrogen-bond donors (Lipinski definition) is 1. The molecule has 28 heavy (non-hydrogen) atoms. The molecule has 0 unspecified atom stereocenters. The summed E-state index contributed by atoms with van der Waals surface area (Å²) in [4.78, 5) is 17.0. The van der Waals surface area contributed by atoms with Crippen LogP contribution in [-0.2, 0) is 6.61 Å². The van der Waals surface area contributed by atoms with Crippen LogP contribution >= 0.6 is 0 Å². The van der Waals surface area contributed by atoms with Crippen molar-refractivity contribution in [2.45, 2.75) is 38.7 Å². The maximum absolute atomic E-state index is 12.4. The summed E-state index contributed by atoms with van der Waals surface area (Å²) in [5, 5.41) is 3.01. The van der Waals surface area contributed by atoms with Crippen LogP contribution in [0.4, 0.5) is 0 Å². The predicted octanol–water partition coefficient (Wildman–Crippen LogP) is 4.53. The summed E-state index contributed by atoms with van der Waals surface area (Å²) in [5.74, 6) is 0.606. The molecule has 3 aromatic rings. The molecule has 5 nitrogen and oxygen atoms in total. The van der Waals surface area contributed by atoms with Gasteiger partial charge in [0.25, 0.3) is 5.91 Å². The van der Waals surface area contributed by atoms with Crippen LogP contribution in [0.25, 0.3) is 5.65 Å². The second kappa shape index (κ2) is 8.74. The van der Waals surface area contributed by atoms with Gasteiger partial charge in [-0.3, -0.25) is 4.79 Å². The number of ether oxygens (including phenoxy) is 1. The van der Waals surface area contributed by atoms with E-state index in [1.54, 1.807) is 6.07 Å². The van der Waals surface area contributed by atoms with Crippen LogP contribution in [0.1, 0.15) is 48.2 Å². The van der Waals surface area contributed by atoms with E-state index in [1.807, 2.05) is 53.2 Å². The van der Waals surface area contributed by atoms with Crippen LogP contribution in [0.5, 0.6) is 5.75 Å². The Morgan fingerprint density at radius 3 is 3.00 bits per heavy atom. The van der Waals surface area contributed by atoms with Gasteiger partial charge in [0.15, 0.2) is 0 Å². The molecule has 0 aliphatic heterocycles. The van der Waals surface area contributed by atoms with E-state index in [4.69, 9.17) is 4.74 Å². The Bertz CT molecular complexity index is 957. The normalized spacial score (nSPS) is 13.9. The predicted molar refractivity (Wildman–Crippen MR) is 109 cm³/mol. The van der Waals surface area contributed by atoms with Gasteiger partial charge in [0.05, 0.1) is 5.69 Å². The summed E-state index contributed by atoms with van der Waals surface area (Å²) in [5.41, 5.74) is 3.82. The van der Waals surface area contributed by atoms with Crippen molar-refractivity contribution < 1.29 is 9.53 Å². The Labute approximate surface area is 165 Å². The first-order valence-electron chi connectivity index (χ1n) is 9.89. The van der Waals surface area contributed by atoms with Gasteiger partial charge in [-0.2, -0.15) is 0 Å². The van der Waals surface area contributed by atoms with Crippen molar-refractivity contribution >= 4 is 11.6 Å². The molecule has 5 heteroatoms. The number of nitrogens with one attached hydrogen (secondary N) is 1. The van der Waals surface area contributed by atoms with Crippen molar-refractivity contribution in [2.75, 3.05) is 6.54 Å². The summed E-state index contributed by atoms with van der Waals surface area (Å²) in [6, 6.07) is 13.2. The number of pyridine rings is 1. The Hall–Kier alpha value is -3.08. The minimum absolute atomic E-state index is 0.0606. The number of benzene rings is 1. The quantitative estimate of drug-likeness (QED) is 0.617. The smallest absolute Gasteiger partial charge is 0.251 e. The van der Waals surface area contributed by atoms with E-state index < -0.39 is 0 Å². The Morgan fingerprint density at radius 1 is 1.18 bits per heavy atom. The summed E-state index contributed by atoms with van der Waals surface area (Å²) in [7, 11) is 0. The monoisotopic (exact) mass is 375 g/mol. The van der Waals surface area contributed by atoms with Gasteiger partial charge in [0.1, 0.15) is 18.0 Å². The number of nitrogens with zero attached hydrogens (tertiary/aromatic N) is 2. The Balaban J connectivity index is 1.31. The molecule has 0 spiro atoms. The van der Waals surface area contributed by atoms with Gasteiger partial charge in [0.2, 0.25) is 0 Å². The van der Waals surface area contributed by atoms with Crippen LogP contribution in [0.3, 0.4) is 0 Å². The van der Waals surface area contributed by atoms with Gasteiger partial charge in [-0.15, -0.1) is 0 Å². The second-order valence-corrected chi connectivity index (χ2v) is 7.13. The number of fused-ring (bicyclic) bond motifs is 1. The zero-order chi connectivity index (χ0) is 19.2. The minimum Gasteiger partial charge on any atom is -0.487 e. The van der Waals surface area contributed by atoms with Crippen LogP contribution < -0.4 is 10.1 Å². The average Bonchev–Trinajstić information content (AvgIpc) is 3.16. The molecule has 0 saturated heterocycles. The fourth-order valence-corrected chi connectivity index (χ4v) is 3.51. The molecule has 2 heterocycles. The lowest BCUT2D eigenvalue weighted by Gasteiger charge is -2.13. The largest absolute Gasteiger partial charge is 0.487 e. The maximum Gasteiger partial charge on any atom is 0.251 e. The highest BCUT2D eigenvalue weighted by Crippen LogP contribution is 2.20. The van der Waals surface area contributed by atoms with Crippen molar-refractivity contribution in [3.63, 3.8) is 0 Å². The maximum atomic E-state index is 12.4. The van der Waals surface area contributed by atoms with Crippen molar-refractivity contribution in [3.8, 4) is 5.75 Å². The third-order valence-electron chi connectivity index (χ3n) is 5.01. The SMILES string of the molecule is O=C(NCCC1=CCCCC1)c1cccc(OCc2cn3ccccc3n2)c1. The van der Waals surface area contributed by atoms with E-state index in [-0.39, 0.29) is 5.91 Å². The zero-order valence-corrected chi connectivity index (χ0v) is 15.9. The first-order chi connectivity index (χ1) is 13.8. The topological polar surface area (TPSA) is 55.6 Å². The van der Waals surface area contributed by atoms with Gasteiger partial charge in [-0.05, 0) is 62.4 Å². The molecule has 1 amide bonds. The molecule has 144 valence electrons. The van der Waals surface area contributed by atoms with Crippen molar-refractivity contribution in [1.29, 1.82) is 0 Å². The molecule has 4 rings (SSSR count). The molecule has 1 aliphatic carbocycles. The van der Waals surface area contributed by atoms with Gasteiger partial charge in [-0.1, -0.05) is 23.8 Å². The number of amides is 1. The minimum atomic E-state index is -0.0606. The third kappa shape index (κ3) is 4.60. The van der Waals surface area contributed by atoms with Gasteiger partial charge < -0.3 is 14.5 Å². The zero-order valence-electron chi connectivity index (χ0n) is 15.9. The number of hydrogen-bond acceptors (Lipinski definition) is 3. The summed E-state index contributed by atoms with van der Waals surface area (Å²) < 4.78 is 7.81. The number of allylic oxidation sites excluding steroid dienone is 1. The lowest BCUT2D eigenvalue weighted by Crippen LogP contribution is -2.24. The highest BCUT2D eigenvalue weighted by molar-refractivity contribution is 5.94. The van der Waals surface area contributed by atoms with E-state index in [1.165, 1.54) is 31.3 Å². The number of imidazole rings is 1. The third-order valence-corrected chi connectivity index (χ3v) is 5.01. The summed E-state index contributed by atoms with van der Waals surface area (Å²) in [6.07, 6.45) is 12.1. The van der Waals surface area contributed by atoms with E-state index in [0.717, 1.165) is 17.8 Å². The highest BCUT2D eigenvalue weighted by Gasteiger charge is 2.09. The fourth-order valence-electron chi connectivity index (χ4n) is 3.51. The molecule has 1 aromatic carbocycles. The number of rotatable bonds is 7. The van der Waals surface area contributed by atoms with E-state index in [9.17, 15) is 4.79 Å². The van der Waals surface area contributed by atoms with Gasteiger partial charge in [0, 0.05) is 24.5 Å². The molecule has 2 aromatic heterocycles. The molecular weight excluding hydrogens is 350 g/mol. The molecule has 0 fully saturated rings. The van der Waals surface area contributed by atoms with Crippen LogP contribution in [0.15, 0.2) is 66.5 Å². The summed E-state index contributed by atoms with van der Waals surface area (Å²) in [6.45, 7) is 1.04. The molecule has 0 saturated carbocycles. The Kier molecular flexibility index (Phi) is 5.71. The van der Waals surface area contributed by atoms with Crippen molar-refractivity contribution in [1.82, 2.24) is 14.7 Å². The molecule has 1 N–H and O–H groups in total. The highest BCUT2D eigenvalue weighted by atomic mass is 16.5. The molecule has 0 bridgehead atoms. The molecular formula is C23H25N3O2. The van der Waals surface area contributed by atoms with Gasteiger partial charge in [-0.25, -0.2) is 4.98 Å². The van der Waals surface area contributed by atoms with Crippen molar-refractivity contribution in [2.24, 2.45) is 0 Å². The van der Waals surface area contributed by atoms with Crippen LogP contribution in [-0.4, -0.2) is 21.8 Å². The first kappa shape index (κ1) is 18.3. The molecule has 1 aliphatic rings. The molecule has 0 radical (unpaired) electrons. The number of aromatic nitrogens is 2. The first-order valence-corrected chi connectivity index (χ1v) is 9.89. The lowest BCUT2D eigenvalue weighted by atomic mass is 9.97. The lowest BCUT2D eigenvalue weighted by molar-refractivity contribution is 0.0953. The van der Waals surface area contributed by atoms with E-state index >= 15 is 0 Å². The Morgan fingerprint density at radius 2 is 2.14 bits per heavy atom. The van der Waals surface area contributed by atoms with Crippen molar-refractivity contribution in [3.05, 3.63) is 77.8 Å². The summed E-state index contributed by atoms with van der Waals surface area (Å²) >= 11 is 0. The van der Waals surface area contributed by atoms with E-state index in [2.05, 4.69) is 16.4 Å². The van der Waals surface area contributed by atoms with E-state index in [0.29, 0.717) is 24.5 Å². The number of carbonyl (C=O) groups excluding carboxylic acids is 1. The van der Waals surface area contributed by atoms with Crippen LogP contribution in [0, 0.1) is 0 Å².